The van der Waals surface area contributed by atoms with Crippen molar-refractivity contribution in [3.05, 3.63) is 54.0 Å². The van der Waals surface area contributed by atoms with Crippen molar-refractivity contribution in [3.63, 3.8) is 0 Å². The van der Waals surface area contributed by atoms with Crippen LogP contribution in [0.25, 0.3) is 0 Å². The lowest BCUT2D eigenvalue weighted by Gasteiger charge is -2.37. The summed E-state index contributed by atoms with van der Waals surface area (Å²) < 4.78 is 31.3. The summed E-state index contributed by atoms with van der Waals surface area (Å²) in [7, 11) is 0. The summed E-state index contributed by atoms with van der Waals surface area (Å²) in [6.07, 6.45) is 1.45. The maximum absolute atomic E-state index is 13.2. The number of hydrogen-bond donors (Lipinski definition) is 1. The molecule has 1 atom stereocenters. The van der Waals surface area contributed by atoms with Crippen LogP contribution in [0.4, 0.5) is 14.5 Å². The van der Waals surface area contributed by atoms with Crippen molar-refractivity contribution in [2.24, 2.45) is 0 Å². The number of amides is 2. The summed E-state index contributed by atoms with van der Waals surface area (Å²) in [5.74, 6) is -2.17. The van der Waals surface area contributed by atoms with Gasteiger partial charge in [0.2, 0.25) is 5.91 Å². The second-order valence-corrected chi connectivity index (χ2v) is 6.10. The summed E-state index contributed by atoms with van der Waals surface area (Å²) in [6.45, 7) is 3.74. The summed E-state index contributed by atoms with van der Waals surface area (Å²) in [4.78, 5) is 28.2. The van der Waals surface area contributed by atoms with E-state index < -0.39 is 17.7 Å². The van der Waals surface area contributed by atoms with E-state index in [4.69, 9.17) is 4.42 Å². The van der Waals surface area contributed by atoms with E-state index in [0.717, 1.165) is 12.1 Å². The molecule has 2 aromatic rings. The molecule has 1 saturated heterocycles. The van der Waals surface area contributed by atoms with Crippen molar-refractivity contribution >= 4 is 17.5 Å². The molecule has 0 unspecified atom stereocenters. The van der Waals surface area contributed by atoms with E-state index in [1.54, 1.807) is 24.0 Å². The Morgan fingerprint density at radius 2 is 1.85 bits per heavy atom. The molecule has 1 N–H and O–H groups in total. The number of piperazine rings is 1. The maximum Gasteiger partial charge on any atom is 0.289 e. The highest BCUT2D eigenvalue weighted by atomic mass is 19.2. The molecule has 1 fully saturated rings. The Hall–Kier alpha value is -2.74. The van der Waals surface area contributed by atoms with Crippen LogP contribution in [-0.2, 0) is 4.79 Å². The van der Waals surface area contributed by atoms with Gasteiger partial charge in [-0.05, 0) is 31.2 Å². The minimum Gasteiger partial charge on any atom is -0.459 e. The molecule has 0 aliphatic carbocycles. The molecule has 2 heterocycles. The van der Waals surface area contributed by atoms with Crippen LogP contribution in [0.15, 0.2) is 41.0 Å². The third-order valence-corrected chi connectivity index (χ3v) is 4.45. The zero-order chi connectivity index (χ0) is 18.7. The third-order valence-electron chi connectivity index (χ3n) is 4.45. The zero-order valence-corrected chi connectivity index (χ0v) is 14.2. The number of nitrogens with one attached hydrogen (secondary N) is 1. The van der Waals surface area contributed by atoms with Gasteiger partial charge in [-0.25, -0.2) is 8.78 Å². The minimum atomic E-state index is -1.01. The zero-order valence-electron chi connectivity index (χ0n) is 14.2. The van der Waals surface area contributed by atoms with Crippen LogP contribution in [-0.4, -0.2) is 53.8 Å². The maximum atomic E-state index is 13.2. The van der Waals surface area contributed by atoms with Crippen molar-refractivity contribution in [1.29, 1.82) is 0 Å². The van der Waals surface area contributed by atoms with Gasteiger partial charge in [0, 0.05) is 37.9 Å². The van der Waals surface area contributed by atoms with E-state index in [9.17, 15) is 18.4 Å². The van der Waals surface area contributed by atoms with Crippen molar-refractivity contribution in [3.8, 4) is 0 Å². The molecule has 2 amide bonds. The molecule has 8 heteroatoms. The second-order valence-electron chi connectivity index (χ2n) is 6.10. The van der Waals surface area contributed by atoms with Gasteiger partial charge in [-0.2, -0.15) is 0 Å². The Bertz CT molecular complexity index is 787. The Morgan fingerprint density at radius 3 is 2.46 bits per heavy atom. The largest absolute Gasteiger partial charge is 0.459 e. The highest BCUT2D eigenvalue weighted by Gasteiger charge is 2.28. The standard InChI is InChI=1S/C18H19F2N3O3/c1-12(17(24)21-13-4-5-14(19)15(20)11-13)22-6-8-23(9-7-22)18(25)16-3-2-10-26-16/h2-5,10-12H,6-9H2,1H3,(H,21,24)/t12-/m1/s1. The molecule has 0 bridgehead atoms. The number of furan rings is 1. The molecule has 138 valence electrons. The first kappa shape index (κ1) is 18.1. The predicted octanol–water partition coefficient (Wildman–Crippen LogP) is 2.34. The number of carbonyl (C=O) groups is 2. The van der Waals surface area contributed by atoms with Crippen LogP contribution in [0.1, 0.15) is 17.5 Å². The van der Waals surface area contributed by atoms with Crippen LogP contribution >= 0.6 is 0 Å². The number of rotatable bonds is 4. The molecule has 0 spiro atoms. The molecule has 1 aromatic carbocycles. The van der Waals surface area contributed by atoms with Crippen LogP contribution in [0.3, 0.4) is 0 Å². The van der Waals surface area contributed by atoms with Crippen LogP contribution in [0, 0.1) is 11.6 Å². The Kier molecular flexibility index (Phi) is 5.32. The summed E-state index contributed by atoms with van der Waals surface area (Å²) in [6, 6.07) is 6.03. The van der Waals surface area contributed by atoms with Gasteiger partial charge >= 0.3 is 0 Å². The fourth-order valence-electron chi connectivity index (χ4n) is 2.85. The first-order chi connectivity index (χ1) is 12.5. The monoisotopic (exact) mass is 363 g/mol. The van der Waals surface area contributed by atoms with E-state index in [1.807, 2.05) is 4.90 Å². The Labute approximate surface area is 149 Å². The lowest BCUT2D eigenvalue weighted by atomic mass is 10.2. The van der Waals surface area contributed by atoms with Crippen molar-refractivity contribution in [2.45, 2.75) is 13.0 Å². The van der Waals surface area contributed by atoms with E-state index in [2.05, 4.69) is 5.32 Å². The molecule has 1 aliphatic rings. The van der Waals surface area contributed by atoms with Gasteiger partial charge in [-0.3, -0.25) is 14.5 Å². The highest BCUT2D eigenvalue weighted by Crippen LogP contribution is 2.15. The lowest BCUT2D eigenvalue weighted by Crippen LogP contribution is -2.54. The fraction of sp³-hybridized carbons (Fsp3) is 0.333. The van der Waals surface area contributed by atoms with Gasteiger partial charge in [0.1, 0.15) is 0 Å². The quantitative estimate of drug-likeness (QED) is 0.906. The van der Waals surface area contributed by atoms with Crippen LogP contribution in [0.5, 0.6) is 0 Å². The lowest BCUT2D eigenvalue weighted by molar-refractivity contribution is -0.121. The number of anilines is 1. The van der Waals surface area contributed by atoms with Gasteiger partial charge < -0.3 is 14.6 Å². The molecular formula is C18H19F2N3O3. The Balaban J connectivity index is 1.54. The normalized spacial score (nSPS) is 16.3. The molecule has 1 aromatic heterocycles. The molecule has 6 nitrogen and oxygen atoms in total. The summed E-state index contributed by atoms with van der Waals surface area (Å²) >= 11 is 0. The molecule has 0 radical (unpaired) electrons. The second kappa shape index (κ2) is 7.65. The van der Waals surface area contributed by atoms with Gasteiger partial charge in [0.15, 0.2) is 17.4 Å². The fourth-order valence-corrected chi connectivity index (χ4v) is 2.85. The van der Waals surface area contributed by atoms with E-state index in [0.29, 0.717) is 31.9 Å². The molecule has 3 rings (SSSR count). The average molecular weight is 363 g/mol. The van der Waals surface area contributed by atoms with Gasteiger partial charge in [0.25, 0.3) is 5.91 Å². The first-order valence-electron chi connectivity index (χ1n) is 8.28. The molecule has 26 heavy (non-hydrogen) atoms. The minimum absolute atomic E-state index is 0.173. The number of hydrogen-bond acceptors (Lipinski definition) is 4. The predicted molar refractivity (Wildman–Crippen MR) is 90.6 cm³/mol. The van der Waals surface area contributed by atoms with E-state index in [-0.39, 0.29) is 17.5 Å². The van der Waals surface area contributed by atoms with Crippen LogP contribution < -0.4 is 5.32 Å². The number of halogens is 2. The third kappa shape index (κ3) is 3.91. The smallest absolute Gasteiger partial charge is 0.289 e. The van der Waals surface area contributed by atoms with Crippen molar-refractivity contribution < 1.29 is 22.8 Å². The molecule has 1 aliphatic heterocycles. The molecule has 0 saturated carbocycles. The summed E-state index contributed by atoms with van der Waals surface area (Å²) in [5.41, 5.74) is 0.201. The van der Waals surface area contributed by atoms with Gasteiger partial charge in [0.05, 0.1) is 12.3 Å². The first-order valence-corrected chi connectivity index (χ1v) is 8.28. The van der Waals surface area contributed by atoms with Crippen LogP contribution in [0.2, 0.25) is 0 Å². The topological polar surface area (TPSA) is 65.8 Å². The van der Waals surface area contributed by atoms with E-state index >= 15 is 0 Å². The van der Waals surface area contributed by atoms with E-state index in [1.165, 1.54) is 12.3 Å². The average Bonchev–Trinajstić information content (AvgIpc) is 3.18. The summed E-state index contributed by atoms with van der Waals surface area (Å²) in [5, 5.41) is 2.58. The number of nitrogens with zero attached hydrogens (tertiary/aromatic N) is 2. The molecular weight excluding hydrogens is 344 g/mol. The van der Waals surface area contributed by atoms with Crippen molar-refractivity contribution in [1.82, 2.24) is 9.80 Å². The Morgan fingerprint density at radius 1 is 1.12 bits per heavy atom. The number of benzene rings is 1. The van der Waals surface area contributed by atoms with Gasteiger partial charge in [-0.15, -0.1) is 0 Å². The SMILES string of the molecule is C[C@H](C(=O)Nc1ccc(F)c(F)c1)N1CCN(C(=O)c2ccco2)CC1. The highest BCUT2D eigenvalue weighted by molar-refractivity contribution is 5.94. The number of carbonyl (C=O) groups excluding carboxylic acids is 2. The van der Waals surface area contributed by atoms with Gasteiger partial charge in [-0.1, -0.05) is 0 Å². The van der Waals surface area contributed by atoms with Crippen molar-refractivity contribution in [2.75, 3.05) is 31.5 Å².